The highest BCUT2D eigenvalue weighted by atomic mass is 35.5. The molecule has 5 heteroatoms. The third kappa shape index (κ3) is 7.22. The number of carbonyl (C=O) groups excluding carboxylic acids is 1. The molecule has 0 spiro atoms. The van der Waals surface area contributed by atoms with E-state index in [1.54, 1.807) is 17.8 Å². The van der Waals surface area contributed by atoms with E-state index >= 15 is 0 Å². The van der Waals surface area contributed by atoms with E-state index in [1.807, 2.05) is 64.1 Å². The van der Waals surface area contributed by atoms with Gasteiger partial charge in [0.25, 0.3) is 5.91 Å². The van der Waals surface area contributed by atoms with Gasteiger partial charge < -0.3 is 5.32 Å². The molecule has 0 fully saturated rings. The summed E-state index contributed by atoms with van der Waals surface area (Å²) in [5.74, 6) is 0.398. The Hall–Kier alpha value is -2.56. The standard InChI is InChI=1S/C27H29ClN2OS.C2H6/c1-6-20(27(31)29-14-13-17(2)3)16-24-19(5)32-25-10-8-7-9-23(25)26(30-24)22-12-11-21(28)15-18(22)4;1-2/h6-12,15-17H,1,13-14H2,2-5H3,(H,29,31);1-2H3/b20-16+;. The first kappa shape index (κ1) is 27.7. The number of fused-ring (bicyclic) bond motifs is 1. The number of rotatable bonds is 7. The molecule has 3 rings (SSSR count). The van der Waals surface area contributed by atoms with Crippen molar-refractivity contribution in [1.82, 2.24) is 5.32 Å². The predicted octanol–water partition coefficient (Wildman–Crippen LogP) is 8.12. The summed E-state index contributed by atoms with van der Waals surface area (Å²) in [6.07, 6.45) is 4.36. The smallest absolute Gasteiger partial charge is 0.251 e. The van der Waals surface area contributed by atoms with E-state index < -0.39 is 0 Å². The van der Waals surface area contributed by atoms with Crippen LogP contribution in [-0.2, 0) is 4.79 Å². The summed E-state index contributed by atoms with van der Waals surface area (Å²) in [5, 5.41) is 3.69. The number of aryl methyl sites for hydroxylation is 1. The monoisotopic (exact) mass is 494 g/mol. The minimum absolute atomic E-state index is 0.132. The van der Waals surface area contributed by atoms with E-state index in [1.165, 1.54) is 0 Å². The Morgan fingerprint density at radius 1 is 1.15 bits per heavy atom. The van der Waals surface area contributed by atoms with Crippen LogP contribution in [0.3, 0.4) is 0 Å². The lowest BCUT2D eigenvalue weighted by Crippen LogP contribution is -2.26. The second-order valence-electron chi connectivity index (χ2n) is 8.20. The molecule has 1 aliphatic heterocycles. The maximum Gasteiger partial charge on any atom is 0.251 e. The van der Waals surface area contributed by atoms with Crippen molar-refractivity contribution in [3.05, 3.63) is 99.1 Å². The Kier molecular flexibility index (Phi) is 10.9. The lowest BCUT2D eigenvalue weighted by molar-refractivity contribution is -0.117. The number of hydrogen-bond donors (Lipinski definition) is 1. The number of nitrogens with one attached hydrogen (secondary N) is 1. The minimum atomic E-state index is -0.132. The normalized spacial score (nSPS) is 13.4. The van der Waals surface area contributed by atoms with Gasteiger partial charge in [0, 0.05) is 38.1 Å². The van der Waals surface area contributed by atoms with Crippen LogP contribution in [0.2, 0.25) is 5.02 Å². The van der Waals surface area contributed by atoms with Crippen LogP contribution in [0.15, 0.2) is 87.3 Å². The molecular weight excluding hydrogens is 460 g/mol. The molecule has 1 amide bonds. The Bertz CT molecular complexity index is 1130. The Morgan fingerprint density at radius 3 is 2.50 bits per heavy atom. The second kappa shape index (κ2) is 13.4. The van der Waals surface area contributed by atoms with Crippen molar-refractivity contribution in [3.63, 3.8) is 0 Å². The Labute approximate surface area is 214 Å². The first-order valence-corrected chi connectivity index (χ1v) is 12.9. The van der Waals surface area contributed by atoms with E-state index in [2.05, 4.69) is 37.9 Å². The molecule has 0 saturated heterocycles. The fourth-order valence-corrected chi connectivity index (χ4v) is 4.59. The fourth-order valence-electron chi connectivity index (χ4n) is 3.40. The van der Waals surface area contributed by atoms with Crippen molar-refractivity contribution < 1.29 is 4.79 Å². The van der Waals surface area contributed by atoms with Gasteiger partial charge in [-0.1, -0.05) is 88.0 Å². The van der Waals surface area contributed by atoms with E-state index in [4.69, 9.17) is 16.6 Å². The molecule has 0 aliphatic carbocycles. The molecule has 2 aromatic carbocycles. The molecule has 0 aromatic heterocycles. The summed E-state index contributed by atoms with van der Waals surface area (Å²) in [5.41, 5.74) is 5.26. The van der Waals surface area contributed by atoms with E-state index in [9.17, 15) is 4.79 Å². The quantitative estimate of drug-likeness (QED) is 0.312. The number of halogens is 1. The highest BCUT2D eigenvalue weighted by molar-refractivity contribution is 8.03. The van der Waals surface area contributed by atoms with Gasteiger partial charge in [-0.25, -0.2) is 4.99 Å². The average Bonchev–Trinajstić information content (AvgIpc) is 2.94. The predicted molar refractivity (Wildman–Crippen MR) is 149 cm³/mol. The summed E-state index contributed by atoms with van der Waals surface area (Å²) in [6.45, 7) is 16.8. The number of amides is 1. The van der Waals surface area contributed by atoms with Gasteiger partial charge in [0.2, 0.25) is 0 Å². The zero-order valence-corrected chi connectivity index (χ0v) is 22.6. The summed E-state index contributed by atoms with van der Waals surface area (Å²) in [4.78, 5) is 20.0. The molecular formula is C29H35ClN2OS. The number of carbonyl (C=O) groups is 1. The zero-order chi connectivity index (χ0) is 25.3. The largest absolute Gasteiger partial charge is 0.352 e. The van der Waals surface area contributed by atoms with E-state index in [0.717, 1.165) is 44.3 Å². The van der Waals surface area contributed by atoms with Crippen molar-refractivity contribution in [2.45, 2.75) is 52.9 Å². The SMILES string of the molecule is C=C/C(=C\C1=C(C)Sc2ccccc2C(c2ccc(Cl)cc2C)=N1)C(=O)NCCC(C)C.CC. The summed E-state index contributed by atoms with van der Waals surface area (Å²) < 4.78 is 0. The van der Waals surface area contributed by atoms with Crippen LogP contribution in [-0.4, -0.2) is 18.2 Å². The molecule has 1 heterocycles. The molecule has 0 saturated carbocycles. The van der Waals surface area contributed by atoms with Crippen molar-refractivity contribution in [2.24, 2.45) is 10.9 Å². The maximum absolute atomic E-state index is 12.7. The molecule has 34 heavy (non-hydrogen) atoms. The molecule has 0 atom stereocenters. The number of benzene rings is 2. The van der Waals surface area contributed by atoms with E-state index in [-0.39, 0.29) is 5.91 Å². The van der Waals surface area contributed by atoms with Crippen LogP contribution in [0.4, 0.5) is 0 Å². The minimum Gasteiger partial charge on any atom is -0.352 e. The fraction of sp³-hybridized carbons (Fsp3) is 0.310. The van der Waals surface area contributed by atoms with Crippen LogP contribution in [0.1, 0.15) is 57.7 Å². The van der Waals surface area contributed by atoms with Gasteiger partial charge in [-0.15, -0.1) is 0 Å². The van der Waals surface area contributed by atoms with Crippen LogP contribution in [0.5, 0.6) is 0 Å². The Morgan fingerprint density at radius 2 is 1.85 bits per heavy atom. The highest BCUT2D eigenvalue weighted by Crippen LogP contribution is 2.37. The zero-order valence-electron chi connectivity index (χ0n) is 21.0. The summed E-state index contributed by atoms with van der Waals surface area (Å²) in [6, 6.07) is 14.1. The third-order valence-electron chi connectivity index (χ3n) is 5.22. The molecule has 1 N–H and O–H groups in total. The number of nitrogens with zero attached hydrogens (tertiary/aromatic N) is 1. The molecule has 0 unspecified atom stereocenters. The van der Waals surface area contributed by atoms with Crippen molar-refractivity contribution >= 4 is 35.0 Å². The van der Waals surface area contributed by atoms with Gasteiger partial charge in [0.15, 0.2) is 0 Å². The first-order chi connectivity index (χ1) is 16.3. The lowest BCUT2D eigenvalue weighted by Gasteiger charge is -2.12. The third-order valence-corrected chi connectivity index (χ3v) is 6.55. The molecule has 180 valence electrons. The van der Waals surface area contributed by atoms with Crippen LogP contribution in [0.25, 0.3) is 0 Å². The van der Waals surface area contributed by atoms with Crippen molar-refractivity contribution in [1.29, 1.82) is 0 Å². The van der Waals surface area contributed by atoms with Gasteiger partial charge in [-0.2, -0.15) is 0 Å². The lowest BCUT2D eigenvalue weighted by atomic mass is 9.98. The summed E-state index contributed by atoms with van der Waals surface area (Å²) >= 11 is 7.87. The molecule has 3 nitrogen and oxygen atoms in total. The van der Waals surface area contributed by atoms with Gasteiger partial charge in [0.1, 0.15) is 0 Å². The van der Waals surface area contributed by atoms with Crippen LogP contribution in [0, 0.1) is 12.8 Å². The van der Waals surface area contributed by atoms with Gasteiger partial charge >= 0.3 is 0 Å². The van der Waals surface area contributed by atoms with Crippen LogP contribution >= 0.6 is 23.4 Å². The first-order valence-electron chi connectivity index (χ1n) is 11.8. The average molecular weight is 495 g/mol. The number of hydrogen-bond acceptors (Lipinski definition) is 3. The number of aliphatic imine (C=N–C) groups is 1. The Balaban J connectivity index is 0.00000199. The number of thioether (sulfide) groups is 1. The second-order valence-corrected chi connectivity index (χ2v) is 9.89. The molecule has 1 aliphatic rings. The van der Waals surface area contributed by atoms with Gasteiger partial charge in [-0.05, 0) is 56.0 Å². The number of allylic oxidation sites excluding steroid dienone is 2. The van der Waals surface area contributed by atoms with Gasteiger partial charge in [0.05, 0.1) is 11.4 Å². The maximum atomic E-state index is 12.7. The summed E-state index contributed by atoms with van der Waals surface area (Å²) in [7, 11) is 0. The van der Waals surface area contributed by atoms with Crippen LogP contribution < -0.4 is 5.32 Å². The molecule has 2 aromatic rings. The van der Waals surface area contributed by atoms with Gasteiger partial charge in [-0.3, -0.25) is 4.79 Å². The van der Waals surface area contributed by atoms with Crippen molar-refractivity contribution in [3.8, 4) is 0 Å². The highest BCUT2D eigenvalue weighted by Gasteiger charge is 2.20. The molecule has 0 radical (unpaired) electrons. The van der Waals surface area contributed by atoms with Crippen molar-refractivity contribution in [2.75, 3.05) is 6.54 Å². The topological polar surface area (TPSA) is 41.5 Å². The molecule has 0 bridgehead atoms. The van der Waals surface area contributed by atoms with E-state index in [0.29, 0.717) is 23.1 Å².